The molecular formula is C20H19F2KN3O6S. The third-order valence-corrected chi connectivity index (χ3v) is 5.10. The van der Waals surface area contributed by atoms with Crippen LogP contribution in [0.25, 0.3) is 11.0 Å². The van der Waals surface area contributed by atoms with Crippen molar-refractivity contribution in [2.75, 3.05) is 18.8 Å². The van der Waals surface area contributed by atoms with E-state index >= 15 is 0 Å². The van der Waals surface area contributed by atoms with Crippen molar-refractivity contribution >= 4 is 84.3 Å². The molecule has 0 bridgehead atoms. The number of fused-ring (bicyclic) bond motifs is 1. The molecule has 1 amide bonds. The first kappa shape index (κ1) is 27.4. The van der Waals surface area contributed by atoms with E-state index in [9.17, 15) is 26.8 Å². The van der Waals surface area contributed by atoms with Gasteiger partial charge in [0.15, 0.2) is 17.4 Å². The van der Waals surface area contributed by atoms with Crippen LogP contribution in [0.15, 0.2) is 39.5 Å². The minimum atomic E-state index is -4.21. The van der Waals surface area contributed by atoms with E-state index in [-0.39, 0.29) is 85.6 Å². The van der Waals surface area contributed by atoms with Gasteiger partial charge >= 0.3 is 11.7 Å². The van der Waals surface area contributed by atoms with Crippen molar-refractivity contribution in [1.82, 2.24) is 4.90 Å². The molecule has 1 heterocycles. The molecule has 0 unspecified atom stereocenters. The fourth-order valence-corrected chi connectivity index (χ4v) is 3.46. The Morgan fingerprint density at radius 3 is 2.52 bits per heavy atom. The summed E-state index contributed by atoms with van der Waals surface area (Å²) >= 11 is 0. The molecule has 33 heavy (non-hydrogen) atoms. The molecule has 3 aromatic rings. The topological polar surface area (TPSA) is 132 Å². The van der Waals surface area contributed by atoms with Gasteiger partial charge in [-0.3, -0.25) is 4.72 Å². The molecule has 3 N–H and O–H groups in total. The van der Waals surface area contributed by atoms with Gasteiger partial charge in [0.1, 0.15) is 5.58 Å². The predicted octanol–water partition coefficient (Wildman–Crippen LogP) is 2.27. The van der Waals surface area contributed by atoms with Gasteiger partial charge in [-0.1, -0.05) is 12.1 Å². The Kier molecular flexibility index (Phi) is 8.78. The fourth-order valence-electron chi connectivity index (χ4n) is 3.00. The Morgan fingerprint density at radius 2 is 1.91 bits per heavy atom. The summed E-state index contributed by atoms with van der Waals surface area (Å²) in [5.74, 6) is -2.20. The van der Waals surface area contributed by atoms with Crippen LogP contribution in [0.4, 0.5) is 19.3 Å². The maximum Gasteiger partial charge on any atom is 0.414 e. The molecular weight excluding hydrogens is 487 g/mol. The zero-order valence-electron chi connectivity index (χ0n) is 18.2. The number of rotatable bonds is 5. The summed E-state index contributed by atoms with van der Waals surface area (Å²) in [6.45, 7) is 1.53. The van der Waals surface area contributed by atoms with Crippen molar-refractivity contribution < 1.29 is 31.1 Å². The molecule has 171 valence electrons. The van der Waals surface area contributed by atoms with Crippen LogP contribution in [0.5, 0.6) is 5.75 Å². The molecule has 0 spiro atoms. The molecule has 2 aromatic carbocycles. The standard InChI is InChI=1S/C20H19F2N3O6S.K/c1-10-12-8-14(21)17(31-20(27)25(2)3)9-16(12)30-19(26)13(10)7-11-5-4-6-15(18(11)22)24-32(23,28)29;/h4-6,8-9,24H,7H2,1-3H3,(H2,23,28,29);. The monoisotopic (exact) mass is 506 g/mol. The largest absolute Gasteiger partial charge is 0.422 e. The van der Waals surface area contributed by atoms with Crippen LogP contribution < -0.4 is 20.2 Å². The van der Waals surface area contributed by atoms with Gasteiger partial charge in [-0.25, -0.2) is 23.5 Å². The summed E-state index contributed by atoms with van der Waals surface area (Å²) < 4.78 is 63.7. The van der Waals surface area contributed by atoms with E-state index in [1.165, 1.54) is 39.2 Å². The molecule has 13 heteroatoms. The van der Waals surface area contributed by atoms with Gasteiger partial charge in [0, 0.05) is 88.9 Å². The summed E-state index contributed by atoms with van der Waals surface area (Å²) in [5, 5.41) is 5.11. The number of ether oxygens (including phenoxy) is 1. The predicted molar refractivity (Wildman–Crippen MR) is 119 cm³/mol. The molecule has 0 atom stereocenters. The van der Waals surface area contributed by atoms with Gasteiger partial charge in [-0.05, 0) is 30.2 Å². The molecule has 0 aliphatic carbocycles. The second-order valence-electron chi connectivity index (χ2n) is 7.14. The summed E-state index contributed by atoms with van der Waals surface area (Å²) in [6, 6.07) is 6.04. The average molecular weight is 507 g/mol. The smallest absolute Gasteiger partial charge is 0.414 e. The van der Waals surface area contributed by atoms with E-state index < -0.39 is 39.3 Å². The van der Waals surface area contributed by atoms with Crippen LogP contribution in [-0.2, 0) is 16.6 Å². The zero-order chi connectivity index (χ0) is 23.8. The quantitative estimate of drug-likeness (QED) is 0.403. The number of nitrogens with zero attached hydrogens (tertiary/aromatic N) is 1. The van der Waals surface area contributed by atoms with Crippen LogP contribution in [0.2, 0.25) is 0 Å². The van der Waals surface area contributed by atoms with Crippen LogP contribution in [0, 0.1) is 18.6 Å². The molecule has 0 fully saturated rings. The molecule has 0 saturated carbocycles. The van der Waals surface area contributed by atoms with E-state index in [2.05, 4.69) is 0 Å². The second-order valence-corrected chi connectivity index (χ2v) is 8.43. The number of nitrogens with one attached hydrogen (secondary N) is 1. The molecule has 1 aromatic heterocycles. The van der Waals surface area contributed by atoms with Crippen LogP contribution in [0.1, 0.15) is 16.7 Å². The fraction of sp³-hybridized carbons (Fsp3) is 0.200. The van der Waals surface area contributed by atoms with Gasteiger partial charge < -0.3 is 14.1 Å². The maximum atomic E-state index is 14.7. The van der Waals surface area contributed by atoms with E-state index in [1.54, 1.807) is 0 Å². The molecule has 1 radical (unpaired) electrons. The summed E-state index contributed by atoms with van der Waals surface area (Å²) in [6.07, 6.45) is -1.07. The van der Waals surface area contributed by atoms with E-state index in [0.717, 1.165) is 17.0 Å². The van der Waals surface area contributed by atoms with Gasteiger partial charge in [-0.2, -0.15) is 8.42 Å². The van der Waals surface area contributed by atoms with Crippen LogP contribution in [-0.4, -0.2) is 84.9 Å². The minimum absolute atomic E-state index is 0. The average Bonchev–Trinajstić information content (AvgIpc) is 2.68. The van der Waals surface area contributed by atoms with Crippen molar-refractivity contribution in [1.29, 1.82) is 0 Å². The number of hydrogen-bond acceptors (Lipinski definition) is 6. The molecule has 9 nitrogen and oxygen atoms in total. The first-order valence-corrected chi connectivity index (χ1v) is 10.6. The van der Waals surface area contributed by atoms with Crippen molar-refractivity contribution in [3.63, 3.8) is 0 Å². The van der Waals surface area contributed by atoms with Crippen molar-refractivity contribution in [3.05, 3.63) is 69.1 Å². The zero-order valence-corrected chi connectivity index (χ0v) is 22.2. The SMILES string of the molecule is Cc1c(Cc2cccc(NS(N)(=O)=O)c2F)c(=O)oc2cc(OC(=O)N(C)C)c(F)cc12.[K]. The number of carbonyl (C=O) groups is 1. The Balaban J connectivity index is 0.00000385. The third-order valence-electron chi connectivity index (χ3n) is 4.60. The summed E-state index contributed by atoms with van der Waals surface area (Å²) in [7, 11) is -1.37. The van der Waals surface area contributed by atoms with Crippen molar-refractivity contribution in [3.8, 4) is 5.75 Å². The third kappa shape index (κ3) is 6.38. The number of benzene rings is 2. The Hall–Kier alpha value is -1.87. The second kappa shape index (κ2) is 10.6. The van der Waals surface area contributed by atoms with Gasteiger partial charge in [-0.15, -0.1) is 0 Å². The van der Waals surface area contributed by atoms with Crippen LogP contribution in [0.3, 0.4) is 0 Å². The number of halogens is 2. The maximum absolute atomic E-state index is 14.7. The van der Waals surface area contributed by atoms with Gasteiger partial charge in [0.25, 0.3) is 10.2 Å². The molecule has 0 aliphatic rings. The normalized spacial score (nSPS) is 11.1. The number of amides is 1. The first-order valence-electron chi connectivity index (χ1n) is 9.10. The number of carbonyl (C=O) groups excluding carboxylic acids is 1. The Labute approximate surface area is 230 Å². The number of hydrogen-bond donors (Lipinski definition) is 2. The van der Waals surface area contributed by atoms with E-state index in [0.29, 0.717) is 5.56 Å². The van der Waals surface area contributed by atoms with E-state index in [4.69, 9.17) is 14.3 Å². The Bertz CT molecular complexity index is 1390. The van der Waals surface area contributed by atoms with Gasteiger partial charge in [0.2, 0.25) is 0 Å². The number of aryl methyl sites for hydroxylation is 1. The first-order chi connectivity index (χ1) is 14.9. The number of anilines is 1. The van der Waals surface area contributed by atoms with Crippen molar-refractivity contribution in [2.24, 2.45) is 5.14 Å². The summed E-state index contributed by atoms with van der Waals surface area (Å²) in [5.41, 5.74) is -0.858. The van der Waals surface area contributed by atoms with Crippen molar-refractivity contribution in [2.45, 2.75) is 13.3 Å². The molecule has 0 saturated heterocycles. The van der Waals surface area contributed by atoms with Gasteiger partial charge in [0.05, 0.1) is 5.69 Å². The Morgan fingerprint density at radius 1 is 1.24 bits per heavy atom. The minimum Gasteiger partial charge on any atom is -0.422 e. The van der Waals surface area contributed by atoms with E-state index in [1.807, 2.05) is 4.72 Å². The molecule has 0 aliphatic heterocycles. The van der Waals surface area contributed by atoms with Crippen LogP contribution >= 0.6 is 0 Å². The number of nitrogens with two attached hydrogens (primary N) is 1. The summed E-state index contributed by atoms with van der Waals surface area (Å²) in [4.78, 5) is 25.4. The molecule has 3 rings (SSSR count).